The van der Waals surface area contributed by atoms with Crippen LogP contribution in [0, 0.1) is 0 Å². The van der Waals surface area contributed by atoms with Crippen molar-refractivity contribution in [1.29, 1.82) is 0 Å². The molecule has 2 rings (SSSR count). The van der Waals surface area contributed by atoms with E-state index in [1.807, 2.05) is 0 Å². The maximum Gasteiger partial charge on any atom is 0.203 e. The highest BCUT2D eigenvalue weighted by atomic mass is 32.2. The van der Waals surface area contributed by atoms with Crippen LogP contribution >= 0.6 is 23.1 Å². The number of rotatable bonds is 3. The maximum absolute atomic E-state index is 5.59. The first kappa shape index (κ1) is 14.3. The molecule has 0 fully saturated rings. The van der Waals surface area contributed by atoms with Crippen LogP contribution in [0.25, 0.3) is 0 Å². The number of nitrogen functional groups attached to an aromatic ring is 1. The predicted octanol–water partition coefficient (Wildman–Crippen LogP) is 4.27. The normalized spacial score (nSPS) is 13.5. The van der Waals surface area contributed by atoms with Crippen LogP contribution in [0.1, 0.15) is 44.1 Å². The van der Waals surface area contributed by atoms with E-state index in [0.29, 0.717) is 10.4 Å². The first-order valence-electron chi connectivity index (χ1n) is 6.22. The Bertz CT molecular complexity index is 541. The zero-order chi connectivity index (χ0) is 14.0. The van der Waals surface area contributed by atoms with E-state index in [2.05, 4.69) is 62.2 Å². The Morgan fingerprint density at radius 2 is 1.79 bits per heavy atom. The molecular formula is C14H19N3S2. The number of thioether (sulfide) groups is 1. The van der Waals surface area contributed by atoms with Crippen molar-refractivity contribution in [3.63, 3.8) is 0 Å². The molecule has 0 saturated carbocycles. The van der Waals surface area contributed by atoms with Crippen LogP contribution in [-0.4, -0.2) is 10.2 Å². The van der Waals surface area contributed by atoms with E-state index in [0.717, 1.165) is 4.34 Å². The fraction of sp³-hybridized carbons (Fsp3) is 0.429. The average Bonchev–Trinajstić information content (AvgIpc) is 2.74. The van der Waals surface area contributed by atoms with Gasteiger partial charge >= 0.3 is 0 Å². The van der Waals surface area contributed by atoms with Crippen LogP contribution in [0.15, 0.2) is 28.6 Å². The van der Waals surface area contributed by atoms with Gasteiger partial charge in [0.1, 0.15) is 0 Å². The van der Waals surface area contributed by atoms with Gasteiger partial charge in [-0.05, 0) is 23.5 Å². The topological polar surface area (TPSA) is 51.8 Å². The average molecular weight is 293 g/mol. The molecule has 19 heavy (non-hydrogen) atoms. The minimum absolute atomic E-state index is 0.197. The van der Waals surface area contributed by atoms with Crippen LogP contribution in [0.5, 0.6) is 0 Å². The van der Waals surface area contributed by atoms with Crippen LogP contribution in [-0.2, 0) is 5.41 Å². The van der Waals surface area contributed by atoms with E-state index in [4.69, 9.17) is 5.73 Å². The highest BCUT2D eigenvalue weighted by molar-refractivity contribution is 8.01. The van der Waals surface area contributed by atoms with Crippen molar-refractivity contribution in [3.8, 4) is 0 Å². The molecule has 0 spiro atoms. The summed E-state index contributed by atoms with van der Waals surface area (Å²) < 4.78 is 0.921. The standard InChI is InChI=1S/C14H19N3S2/c1-9(18-13-17-16-12(15)19-13)10-5-7-11(8-6-10)14(2,3)4/h5-9H,1-4H3,(H2,15,16)/t9-/m1/s1. The second kappa shape index (κ2) is 5.51. The molecule has 0 aliphatic carbocycles. The molecule has 0 saturated heterocycles. The molecular weight excluding hydrogens is 274 g/mol. The van der Waals surface area contributed by atoms with Gasteiger partial charge in [0.2, 0.25) is 5.13 Å². The number of hydrogen-bond acceptors (Lipinski definition) is 5. The Balaban J connectivity index is 2.09. The van der Waals surface area contributed by atoms with Gasteiger partial charge in [0.25, 0.3) is 0 Å². The van der Waals surface area contributed by atoms with Crippen molar-refractivity contribution in [2.24, 2.45) is 0 Å². The van der Waals surface area contributed by atoms with Gasteiger partial charge < -0.3 is 5.73 Å². The first-order chi connectivity index (χ1) is 8.86. The number of anilines is 1. The Morgan fingerprint density at radius 1 is 1.16 bits per heavy atom. The lowest BCUT2D eigenvalue weighted by molar-refractivity contribution is 0.590. The fourth-order valence-corrected chi connectivity index (χ4v) is 3.65. The van der Waals surface area contributed by atoms with E-state index in [1.165, 1.54) is 22.5 Å². The molecule has 102 valence electrons. The van der Waals surface area contributed by atoms with Crippen LogP contribution in [0.2, 0.25) is 0 Å². The Hall–Kier alpha value is -1.07. The van der Waals surface area contributed by atoms with Gasteiger partial charge in [-0.1, -0.05) is 68.1 Å². The number of nitrogens with two attached hydrogens (primary N) is 1. The van der Waals surface area contributed by atoms with Gasteiger partial charge in [0.05, 0.1) is 0 Å². The molecule has 0 amide bonds. The smallest absolute Gasteiger partial charge is 0.203 e. The summed E-state index contributed by atoms with van der Waals surface area (Å²) in [6.07, 6.45) is 0. The lowest BCUT2D eigenvalue weighted by Crippen LogP contribution is -2.10. The Kier molecular flexibility index (Phi) is 4.16. The molecule has 0 aliphatic rings. The summed E-state index contributed by atoms with van der Waals surface area (Å²) in [5.41, 5.74) is 8.44. The van der Waals surface area contributed by atoms with Gasteiger partial charge in [-0.2, -0.15) is 0 Å². The van der Waals surface area contributed by atoms with Crippen LogP contribution in [0.3, 0.4) is 0 Å². The van der Waals surface area contributed by atoms with E-state index in [-0.39, 0.29) is 5.41 Å². The van der Waals surface area contributed by atoms with E-state index >= 15 is 0 Å². The molecule has 0 unspecified atom stereocenters. The summed E-state index contributed by atoms with van der Waals surface area (Å²) in [5.74, 6) is 0. The molecule has 1 heterocycles. The summed E-state index contributed by atoms with van der Waals surface area (Å²) in [6, 6.07) is 8.81. The summed E-state index contributed by atoms with van der Waals surface area (Å²) in [4.78, 5) is 0. The second-order valence-corrected chi connectivity index (χ2v) is 8.14. The lowest BCUT2D eigenvalue weighted by Gasteiger charge is -2.20. The monoisotopic (exact) mass is 293 g/mol. The summed E-state index contributed by atoms with van der Waals surface area (Å²) in [7, 11) is 0. The lowest BCUT2D eigenvalue weighted by atomic mass is 9.86. The van der Waals surface area contributed by atoms with Crippen LogP contribution < -0.4 is 5.73 Å². The largest absolute Gasteiger partial charge is 0.374 e. The van der Waals surface area contributed by atoms with Gasteiger partial charge in [0, 0.05) is 5.25 Å². The molecule has 2 aromatic rings. The SMILES string of the molecule is C[C@@H](Sc1nnc(N)s1)c1ccc(C(C)(C)C)cc1. The summed E-state index contributed by atoms with van der Waals surface area (Å²) >= 11 is 3.13. The number of nitrogens with zero attached hydrogens (tertiary/aromatic N) is 2. The predicted molar refractivity (Wildman–Crippen MR) is 83.7 cm³/mol. The van der Waals surface area contributed by atoms with Crippen molar-refractivity contribution in [2.45, 2.75) is 42.7 Å². The van der Waals surface area contributed by atoms with E-state index in [1.54, 1.807) is 11.8 Å². The van der Waals surface area contributed by atoms with Crippen molar-refractivity contribution < 1.29 is 0 Å². The highest BCUT2D eigenvalue weighted by Gasteiger charge is 2.15. The molecule has 5 heteroatoms. The van der Waals surface area contributed by atoms with Gasteiger partial charge in [-0.15, -0.1) is 10.2 Å². The minimum atomic E-state index is 0.197. The minimum Gasteiger partial charge on any atom is -0.374 e. The Morgan fingerprint density at radius 3 is 2.26 bits per heavy atom. The molecule has 1 aromatic carbocycles. The quantitative estimate of drug-likeness (QED) is 0.859. The van der Waals surface area contributed by atoms with E-state index in [9.17, 15) is 0 Å². The summed E-state index contributed by atoms with van der Waals surface area (Å²) in [5, 5.41) is 8.75. The Labute approximate surface area is 122 Å². The van der Waals surface area contributed by atoms with Gasteiger partial charge in [0.15, 0.2) is 4.34 Å². The van der Waals surface area contributed by atoms with Crippen molar-refractivity contribution in [3.05, 3.63) is 35.4 Å². The number of aromatic nitrogens is 2. The summed E-state index contributed by atoms with van der Waals surface area (Å²) in [6.45, 7) is 8.85. The molecule has 2 N–H and O–H groups in total. The van der Waals surface area contributed by atoms with Crippen molar-refractivity contribution >= 4 is 28.2 Å². The van der Waals surface area contributed by atoms with Gasteiger partial charge in [-0.25, -0.2) is 0 Å². The zero-order valence-electron chi connectivity index (χ0n) is 11.7. The van der Waals surface area contributed by atoms with E-state index < -0.39 is 0 Å². The molecule has 0 radical (unpaired) electrons. The fourth-order valence-electron chi connectivity index (χ4n) is 1.74. The van der Waals surface area contributed by atoms with Gasteiger partial charge in [-0.3, -0.25) is 0 Å². The third kappa shape index (κ3) is 3.70. The molecule has 1 aromatic heterocycles. The highest BCUT2D eigenvalue weighted by Crippen LogP contribution is 2.37. The van der Waals surface area contributed by atoms with Crippen molar-refractivity contribution in [2.75, 3.05) is 5.73 Å². The maximum atomic E-state index is 5.59. The third-order valence-corrected chi connectivity index (χ3v) is 4.94. The second-order valence-electron chi connectivity index (χ2n) is 5.54. The third-order valence-electron chi connectivity index (χ3n) is 2.95. The van der Waals surface area contributed by atoms with Crippen LogP contribution in [0.4, 0.5) is 5.13 Å². The molecule has 3 nitrogen and oxygen atoms in total. The number of benzene rings is 1. The zero-order valence-corrected chi connectivity index (χ0v) is 13.3. The van der Waals surface area contributed by atoms with Crippen molar-refractivity contribution in [1.82, 2.24) is 10.2 Å². The molecule has 0 aliphatic heterocycles. The number of hydrogen-bond donors (Lipinski definition) is 1. The molecule has 1 atom stereocenters. The molecule has 0 bridgehead atoms. The first-order valence-corrected chi connectivity index (χ1v) is 7.92.